The van der Waals surface area contributed by atoms with Crippen molar-refractivity contribution in [1.82, 2.24) is 4.90 Å². The van der Waals surface area contributed by atoms with E-state index in [1.54, 1.807) is 36.1 Å². The molecule has 1 aromatic carbocycles. The fourth-order valence-corrected chi connectivity index (χ4v) is 1.74. The van der Waals surface area contributed by atoms with Crippen molar-refractivity contribution in [3.63, 3.8) is 0 Å². The van der Waals surface area contributed by atoms with E-state index in [1.807, 2.05) is 13.8 Å². The summed E-state index contributed by atoms with van der Waals surface area (Å²) in [6, 6.07) is 6.76. The molecule has 0 radical (unpaired) electrons. The van der Waals surface area contributed by atoms with Crippen LogP contribution in [0.25, 0.3) is 0 Å². The molecule has 0 saturated carbocycles. The normalized spacial score (nSPS) is 9.94. The van der Waals surface area contributed by atoms with E-state index in [9.17, 15) is 9.59 Å². The molecule has 0 spiro atoms. The lowest BCUT2D eigenvalue weighted by Crippen LogP contribution is -2.31. The number of carbonyl (C=O) groups excluding carboxylic acids is 2. The first kappa shape index (κ1) is 14.2. The van der Waals surface area contributed by atoms with E-state index in [2.05, 4.69) is 0 Å². The van der Waals surface area contributed by atoms with Crippen LogP contribution in [0.5, 0.6) is 0 Å². The fraction of sp³-hybridized carbons (Fsp3) is 0.429. The molecule has 0 fully saturated rings. The van der Waals surface area contributed by atoms with E-state index in [4.69, 9.17) is 4.74 Å². The van der Waals surface area contributed by atoms with E-state index in [0.29, 0.717) is 30.8 Å². The van der Waals surface area contributed by atoms with Crippen molar-refractivity contribution >= 4 is 11.9 Å². The molecule has 0 atom stereocenters. The predicted octanol–water partition coefficient (Wildman–Crippen LogP) is 2.35. The summed E-state index contributed by atoms with van der Waals surface area (Å²) in [5.74, 6) is -0.586. The number of carbonyl (C=O) groups is 2. The van der Waals surface area contributed by atoms with Gasteiger partial charge in [0, 0.05) is 13.1 Å². The zero-order valence-electron chi connectivity index (χ0n) is 11.1. The molecule has 0 aromatic heterocycles. The fourth-order valence-electron chi connectivity index (χ4n) is 1.74. The third kappa shape index (κ3) is 3.09. The summed E-state index contributed by atoms with van der Waals surface area (Å²) >= 11 is 0. The molecule has 4 heteroatoms. The van der Waals surface area contributed by atoms with Gasteiger partial charge in [-0.1, -0.05) is 12.1 Å². The quantitative estimate of drug-likeness (QED) is 0.752. The predicted molar refractivity (Wildman–Crippen MR) is 69.7 cm³/mol. The zero-order chi connectivity index (χ0) is 13.5. The van der Waals surface area contributed by atoms with E-state index >= 15 is 0 Å². The number of ether oxygens (including phenoxy) is 1. The van der Waals surface area contributed by atoms with Crippen LogP contribution in [0.15, 0.2) is 24.3 Å². The standard InChI is InChI=1S/C14H19NO3/c1-4-15(5-2)13(16)11-9-7-8-10-12(11)14(17)18-6-3/h7-10H,4-6H2,1-3H3. The van der Waals surface area contributed by atoms with E-state index < -0.39 is 5.97 Å². The summed E-state index contributed by atoms with van der Waals surface area (Å²) < 4.78 is 4.96. The Labute approximate surface area is 108 Å². The third-order valence-electron chi connectivity index (χ3n) is 2.70. The van der Waals surface area contributed by atoms with Crippen molar-refractivity contribution in [3.8, 4) is 0 Å². The Morgan fingerprint density at radius 1 is 1.06 bits per heavy atom. The first-order valence-electron chi connectivity index (χ1n) is 6.21. The average molecular weight is 249 g/mol. The molecule has 0 unspecified atom stereocenters. The summed E-state index contributed by atoms with van der Waals surface area (Å²) in [6.45, 7) is 7.10. The van der Waals surface area contributed by atoms with Gasteiger partial charge in [-0.25, -0.2) is 4.79 Å². The zero-order valence-corrected chi connectivity index (χ0v) is 11.1. The van der Waals surface area contributed by atoms with Gasteiger partial charge in [-0.15, -0.1) is 0 Å². The van der Waals surface area contributed by atoms with Crippen LogP contribution >= 0.6 is 0 Å². The van der Waals surface area contributed by atoms with Gasteiger partial charge in [0.15, 0.2) is 0 Å². The van der Waals surface area contributed by atoms with Gasteiger partial charge in [-0.3, -0.25) is 4.79 Å². The maximum absolute atomic E-state index is 12.3. The Balaban J connectivity index is 3.08. The third-order valence-corrected chi connectivity index (χ3v) is 2.70. The number of benzene rings is 1. The molecule has 4 nitrogen and oxygen atoms in total. The van der Waals surface area contributed by atoms with Gasteiger partial charge in [0.1, 0.15) is 0 Å². The monoisotopic (exact) mass is 249 g/mol. The number of hydrogen-bond acceptors (Lipinski definition) is 3. The number of nitrogens with zero attached hydrogens (tertiary/aromatic N) is 1. The smallest absolute Gasteiger partial charge is 0.338 e. The van der Waals surface area contributed by atoms with Gasteiger partial charge < -0.3 is 9.64 Å². The lowest BCUT2D eigenvalue weighted by Gasteiger charge is -2.19. The van der Waals surface area contributed by atoms with Crippen molar-refractivity contribution in [2.45, 2.75) is 20.8 Å². The van der Waals surface area contributed by atoms with Gasteiger partial charge in [0.05, 0.1) is 17.7 Å². The van der Waals surface area contributed by atoms with Gasteiger partial charge >= 0.3 is 5.97 Å². The highest BCUT2D eigenvalue weighted by Crippen LogP contribution is 2.13. The van der Waals surface area contributed by atoms with E-state index in [1.165, 1.54) is 0 Å². The molecule has 18 heavy (non-hydrogen) atoms. The van der Waals surface area contributed by atoms with Crippen LogP contribution < -0.4 is 0 Å². The molecule has 0 heterocycles. The van der Waals surface area contributed by atoms with Crippen molar-refractivity contribution in [3.05, 3.63) is 35.4 Å². The Morgan fingerprint density at radius 2 is 1.61 bits per heavy atom. The van der Waals surface area contributed by atoms with E-state index in [0.717, 1.165) is 0 Å². The number of hydrogen-bond donors (Lipinski definition) is 0. The van der Waals surface area contributed by atoms with Crippen LogP contribution in [0.4, 0.5) is 0 Å². The minimum Gasteiger partial charge on any atom is -0.462 e. The SMILES string of the molecule is CCOC(=O)c1ccccc1C(=O)N(CC)CC. The van der Waals surface area contributed by atoms with Gasteiger partial charge in [0.25, 0.3) is 5.91 Å². The lowest BCUT2D eigenvalue weighted by molar-refractivity contribution is 0.0519. The van der Waals surface area contributed by atoms with Gasteiger partial charge in [-0.2, -0.15) is 0 Å². The van der Waals surface area contributed by atoms with Crippen LogP contribution in [-0.4, -0.2) is 36.5 Å². The van der Waals surface area contributed by atoms with Crippen LogP contribution in [0.2, 0.25) is 0 Å². The first-order chi connectivity index (χ1) is 8.65. The maximum atomic E-state index is 12.3. The molecule has 98 valence electrons. The molecule has 1 rings (SSSR count). The second-order valence-corrected chi connectivity index (χ2v) is 3.74. The van der Waals surface area contributed by atoms with Crippen molar-refractivity contribution in [1.29, 1.82) is 0 Å². The Hall–Kier alpha value is -1.84. The van der Waals surface area contributed by atoms with Crippen LogP contribution in [0.1, 0.15) is 41.5 Å². The molecule has 1 aromatic rings. The topological polar surface area (TPSA) is 46.6 Å². The highest BCUT2D eigenvalue weighted by atomic mass is 16.5. The molecular weight excluding hydrogens is 230 g/mol. The second kappa shape index (κ2) is 6.79. The summed E-state index contributed by atoms with van der Waals surface area (Å²) in [5.41, 5.74) is 0.732. The minimum absolute atomic E-state index is 0.136. The average Bonchev–Trinajstić information content (AvgIpc) is 2.40. The number of rotatable bonds is 5. The van der Waals surface area contributed by atoms with Gasteiger partial charge in [0.2, 0.25) is 0 Å². The van der Waals surface area contributed by atoms with Crippen LogP contribution in [-0.2, 0) is 4.74 Å². The minimum atomic E-state index is -0.450. The van der Waals surface area contributed by atoms with Crippen molar-refractivity contribution in [2.75, 3.05) is 19.7 Å². The number of esters is 1. The molecule has 1 amide bonds. The molecule has 0 bridgehead atoms. The Morgan fingerprint density at radius 3 is 2.11 bits per heavy atom. The Kier molecular flexibility index (Phi) is 5.36. The lowest BCUT2D eigenvalue weighted by atomic mass is 10.1. The highest BCUT2D eigenvalue weighted by Gasteiger charge is 2.20. The summed E-state index contributed by atoms with van der Waals surface area (Å²) in [6.07, 6.45) is 0. The summed E-state index contributed by atoms with van der Waals surface area (Å²) in [4.78, 5) is 25.7. The largest absolute Gasteiger partial charge is 0.462 e. The second-order valence-electron chi connectivity index (χ2n) is 3.74. The highest BCUT2D eigenvalue weighted by molar-refractivity contribution is 6.05. The van der Waals surface area contributed by atoms with Gasteiger partial charge in [-0.05, 0) is 32.9 Å². The molecule has 0 aliphatic rings. The first-order valence-corrected chi connectivity index (χ1v) is 6.21. The molecule has 0 aliphatic heterocycles. The molecular formula is C14H19NO3. The maximum Gasteiger partial charge on any atom is 0.338 e. The van der Waals surface area contributed by atoms with E-state index in [-0.39, 0.29) is 5.91 Å². The molecule has 0 saturated heterocycles. The summed E-state index contributed by atoms with van der Waals surface area (Å²) in [7, 11) is 0. The Bertz CT molecular complexity index is 425. The number of amides is 1. The van der Waals surface area contributed by atoms with Crippen molar-refractivity contribution in [2.24, 2.45) is 0 Å². The van der Waals surface area contributed by atoms with Crippen LogP contribution in [0, 0.1) is 0 Å². The molecule has 0 aliphatic carbocycles. The van der Waals surface area contributed by atoms with Crippen LogP contribution in [0.3, 0.4) is 0 Å². The summed E-state index contributed by atoms with van der Waals surface area (Å²) in [5, 5.41) is 0. The molecule has 0 N–H and O–H groups in total. The van der Waals surface area contributed by atoms with Crippen molar-refractivity contribution < 1.29 is 14.3 Å².